The molecule has 1 N–H and O–H groups in total. The molecule has 1 aliphatic rings. The third-order valence-electron chi connectivity index (χ3n) is 3.73. The molecule has 2 rings (SSSR count). The number of carbonyl (C=O) groups excluding carboxylic acids is 1. The number of likely N-dealkylation sites (tertiary alicyclic amines) is 1. The Balaban J connectivity index is 1.88. The van der Waals surface area contributed by atoms with Crippen molar-refractivity contribution in [2.24, 2.45) is 0 Å². The van der Waals surface area contributed by atoms with E-state index < -0.39 is 0 Å². The van der Waals surface area contributed by atoms with Crippen LogP contribution in [0.5, 0.6) is 11.5 Å². The number of carbonyl (C=O) groups is 1. The van der Waals surface area contributed by atoms with Gasteiger partial charge in [-0.2, -0.15) is 0 Å². The van der Waals surface area contributed by atoms with Crippen molar-refractivity contribution in [2.45, 2.75) is 32.4 Å². The molecule has 0 bridgehead atoms. The molecule has 1 aliphatic heterocycles. The summed E-state index contributed by atoms with van der Waals surface area (Å²) in [7, 11) is 3.29. The van der Waals surface area contributed by atoms with Gasteiger partial charge < -0.3 is 19.7 Å². The van der Waals surface area contributed by atoms with E-state index in [1.54, 1.807) is 14.2 Å². The largest absolute Gasteiger partial charge is 0.497 e. The first-order valence-corrected chi connectivity index (χ1v) is 7.35. The quantitative estimate of drug-likeness (QED) is 0.832. The number of methoxy groups -OCH3 is 2. The van der Waals surface area contributed by atoms with E-state index >= 15 is 0 Å². The van der Waals surface area contributed by atoms with Crippen LogP contribution in [-0.4, -0.2) is 44.2 Å². The molecule has 1 fully saturated rings. The van der Waals surface area contributed by atoms with Crippen molar-refractivity contribution in [1.29, 1.82) is 0 Å². The maximum atomic E-state index is 11.6. The molecule has 0 saturated carbocycles. The first-order chi connectivity index (χ1) is 10.1. The Bertz CT molecular complexity index is 468. The Morgan fingerprint density at radius 1 is 1.24 bits per heavy atom. The predicted molar refractivity (Wildman–Crippen MR) is 81.7 cm³/mol. The molecule has 0 radical (unpaired) electrons. The van der Waals surface area contributed by atoms with Crippen LogP contribution in [0.4, 0.5) is 0 Å². The minimum absolute atomic E-state index is 0.254. The molecule has 21 heavy (non-hydrogen) atoms. The van der Waals surface area contributed by atoms with Gasteiger partial charge in [-0.3, -0.25) is 4.79 Å². The molecule has 1 unspecified atom stereocenters. The monoisotopic (exact) mass is 292 g/mol. The van der Waals surface area contributed by atoms with E-state index in [-0.39, 0.29) is 11.9 Å². The number of ether oxygens (including phenoxy) is 2. The van der Waals surface area contributed by atoms with Crippen molar-refractivity contribution in [3.05, 3.63) is 23.8 Å². The molecule has 1 heterocycles. The van der Waals surface area contributed by atoms with Gasteiger partial charge in [0, 0.05) is 38.2 Å². The number of hydrogen-bond acceptors (Lipinski definition) is 4. The van der Waals surface area contributed by atoms with Crippen LogP contribution in [-0.2, 0) is 11.3 Å². The average molecular weight is 292 g/mol. The second-order valence-electron chi connectivity index (χ2n) is 5.45. The minimum atomic E-state index is 0.254. The van der Waals surface area contributed by atoms with Crippen LogP contribution < -0.4 is 14.8 Å². The zero-order chi connectivity index (χ0) is 15.2. The lowest BCUT2D eigenvalue weighted by atomic mass is 10.2. The van der Waals surface area contributed by atoms with Crippen LogP contribution in [0.25, 0.3) is 0 Å². The number of benzene rings is 1. The summed E-state index contributed by atoms with van der Waals surface area (Å²) in [6.07, 6.45) is 1.68. The number of hydrogen-bond donors (Lipinski definition) is 1. The van der Waals surface area contributed by atoms with E-state index in [0.717, 1.165) is 43.1 Å². The van der Waals surface area contributed by atoms with Crippen LogP contribution in [0.1, 0.15) is 25.3 Å². The molecule has 116 valence electrons. The van der Waals surface area contributed by atoms with Crippen LogP contribution >= 0.6 is 0 Å². The molecule has 5 nitrogen and oxygen atoms in total. The van der Waals surface area contributed by atoms with Gasteiger partial charge in [-0.05, 0) is 31.0 Å². The number of rotatable bonds is 7. The van der Waals surface area contributed by atoms with Crippen molar-refractivity contribution < 1.29 is 14.3 Å². The van der Waals surface area contributed by atoms with Crippen LogP contribution in [0, 0.1) is 0 Å². The van der Waals surface area contributed by atoms with Crippen LogP contribution in [0.15, 0.2) is 18.2 Å². The Kier molecular flexibility index (Phi) is 5.44. The number of amides is 1. The van der Waals surface area contributed by atoms with Crippen molar-refractivity contribution in [3.8, 4) is 11.5 Å². The summed E-state index contributed by atoms with van der Waals surface area (Å²) in [5.74, 6) is 1.84. The Morgan fingerprint density at radius 2 is 1.90 bits per heavy atom. The standard InChI is InChI=1S/C16H24N2O3/c1-12(11-18-6-4-5-16(18)19)17-10-13-7-14(20-2)9-15(8-13)21-3/h7-9,12,17H,4-6,10-11H2,1-3H3. The first kappa shape index (κ1) is 15.6. The second kappa shape index (κ2) is 7.31. The van der Waals surface area contributed by atoms with Gasteiger partial charge in [0.25, 0.3) is 0 Å². The van der Waals surface area contributed by atoms with Gasteiger partial charge in [0.05, 0.1) is 14.2 Å². The van der Waals surface area contributed by atoms with Gasteiger partial charge in [-0.15, -0.1) is 0 Å². The van der Waals surface area contributed by atoms with Gasteiger partial charge in [-0.1, -0.05) is 0 Å². The van der Waals surface area contributed by atoms with Crippen LogP contribution in [0.3, 0.4) is 0 Å². The van der Waals surface area contributed by atoms with Crippen molar-refractivity contribution >= 4 is 5.91 Å². The third-order valence-corrected chi connectivity index (χ3v) is 3.73. The lowest BCUT2D eigenvalue weighted by Gasteiger charge is -2.22. The summed E-state index contributed by atoms with van der Waals surface area (Å²) in [5.41, 5.74) is 1.10. The molecule has 1 aromatic rings. The molecule has 1 aromatic carbocycles. The summed E-state index contributed by atoms with van der Waals surface area (Å²) in [6.45, 7) is 4.47. The maximum Gasteiger partial charge on any atom is 0.222 e. The van der Waals surface area contributed by atoms with Gasteiger partial charge in [0.2, 0.25) is 5.91 Å². The zero-order valence-corrected chi connectivity index (χ0v) is 13.0. The van der Waals surface area contributed by atoms with Crippen LogP contribution in [0.2, 0.25) is 0 Å². The smallest absolute Gasteiger partial charge is 0.222 e. The number of nitrogens with one attached hydrogen (secondary N) is 1. The summed E-state index contributed by atoms with van der Waals surface area (Å²) < 4.78 is 10.5. The molecule has 1 atom stereocenters. The Morgan fingerprint density at radius 3 is 2.43 bits per heavy atom. The van der Waals surface area contributed by atoms with Crippen molar-refractivity contribution in [3.63, 3.8) is 0 Å². The molecule has 5 heteroatoms. The van der Waals surface area contributed by atoms with E-state index in [9.17, 15) is 4.79 Å². The van der Waals surface area contributed by atoms with Crippen molar-refractivity contribution in [1.82, 2.24) is 10.2 Å². The molecule has 1 amide bonds. The molecule has 0 aromatic heterocycles. The average Bonchev–Trinajstić information content (AvgIpc) is 2.90. The predicted octanol–water partition coefficient (Wildman–Crippen LogP) is 1.80. The molecule has 0 spiro atoms. The Hall–Kier alpha value is -1.75. The fourth-order valence-electron chi connectivity index (χ4n) is 2.55. The highest BCUT2D eigenvalue weighted by Gasteiger charge is 2.21. The molecular weight excluding hydrogens is 268 g/mol. The van der Waals surface area contributed by atoms with E-state index in [4.69, 9.17) is 9.47 Å². The highest BCUT2D eigenvalue weighted by Crippen LogP contribution is 2.22. The fourth-order valence-corrected chi connectivity index (χ4v) is 2.55. The summed E-state index contributed by atoms with van der Waals surface area (Å²) in [4.78, 5) is 13.6. The van der Waals surface area contributed by atoms with Gasteiger partial charge in [-0.25, -0.2) is 0 Å². The topological polar surface area (TPSA) is 50.8 Å². The van der Waals surface area contributed by atoms with E-state index in [2.05, 4.69) is 12.2 Å². The second-order valence-corrected chi connectivity index (χ2v) is 5.45. The Labute approximate surface area is 126 Å². The van der Waals surface area contributed by atoms with Gasteiger partial charge in [0.15, 0.2) is 0 Å². The van der Waals surface area contributed by atoms with E-state index in [1.165, 1.54) is 0 Å². The lowest BCUT2D eigenvalue weighted by molar-refractivity contribution is -0.127. The molecular formula is C16H24N2O3. The highest BCUT2D eigenvalue weighted by atomic mass is 16.5. The summed E-state index contributed by atoms with van der Waals surface area (Å²) in [5, 5.41) is 3.44. The lowest BCUT2D eigenvalue weighted by Crippen LogP contribution is -2.39. The highest BCUT2D eigenvalue weighted by molar-refractivity contribution is 5.78. The first-order valence-electron chi connectivity index (χ1n) is 7.35. The summed E-state index contributed by atoms with van der Waals surface area (Å²) >= 11 is 0. The zero-order valence-electron chi connectivity index (χ0n) is 13.0. The summed E-state index contributed by atoms with van der Waals surface area (Å²) in [6, 6.07) is 6.09. The SMILES string of the molecule is COc1cc(CNC(C)CN2CCCC2=O)cc(OC)c1. The van der Waals surface area contributed by atoms with Crippen molar-refractivity contribution in [2.75, 3.05) is 27.3 Å². The molecule has 1 saturated heterocycles. The normalized spacial score (nSPS) is 16.1. The minimum Gasteiger partial charge on any atom is -0.497 e. The van der Waals surface area contributed by atoms with Gasteiger partial charge >= 0.3 is 0 Å². The fraction of sp³-hybridized carbons (Fsp3) is 0.562. The van der Waals surface area contributed by atoms with E-state index in [1.807, 2.05) is 23.1 Å². The van der Waals surface area contributed by atoms with Gasteiger partial charge in [0.1, 0.15) is 11.5 Å². The molecule has 0 aliphatic carbocycles. The van der Waals surface area contributed by atoms with E-state index in [0.29, 0.717) is 6.42 Å². The maximum absolute atomic E-state index is 11.6. The third kappa shape index (κ3) is 4.36. The number of nitrogens with zero attached hydrogens (tertiary/aromatic N) is 1.